The van der Waals surface area contributed by atoms with Crippen molar-refractivity contribution in [3.05, 3.63) is 23.2 Å². The lowest BCUT2D eigenvalue weighted by atomic mass is 9.90. The number of likely N-dealkylation sites (tertiary alicyclic amines) is 1. The lowest BCUT2D eigenvalue weighted by molar-refractivity contribution is 0.0658. The zero-order valence-corrected chi connectivity index (χ0v) is 12.5. The van der Waals surface area contributed by atoms with Gasteiger partial charge in [-0.05, 0) is 32.0 Å². The summed E-state index contributed by atoms with van der Waals surface area (Å²) < 4.78 is 5.52. The Morgan fingerprint density at radius 3 is 2.42 bits per heavy atom. The van der Waals surface area contributed by atoms with E-state index >= 15 is 0 Å². The highest BCUT2D eigenvalue weighted by Gasteiger charge is 2.27. The molecule has 2 rings (SSSR count). The first-order chi connectivity index (χ1) is 8.38. The van der Waals surface area contributed by atoms with Gasteiger partial charge >= 0.3 is 5.97 Å². The fourth-order valence-electron chi connectivity index (χ4n) is 2.47. The second-order valence-electron chi connectivity index (χ2n) is 6.00. The number of carbonyl (C=O) groups is 1. The number of nitrogens with zero attached hydrogens (tertiary/aromatic N) is 1. The molecule has 108 valence electrons. The normalized spacial score (nSPS) is 16.4. The average Bonchev–Trinajstić information content (AvgIpc) is 2.85. The van der Waals surface area contributed by atoms with Crippen LogP contribution >= 0.6 is 12.4 Å². The van der Waals surface area contributed by atoms with Crippen LogP contribution in [0.2, 0.25) is 0 Å². The van der Waals surface area contributed by atoms with Gasteiger partial charge in [-0.1, -0.05) is 20.8 Å². The number of carboxylic acid groups (broad SMARTS) is 1. The van der Waals surface area contributed by atoms with Gasteiger partial charge in [-0.15, -0.1) is 12.4 Å². The lowest BCUT2D eigenvalue weighted by Crippen LogP contribution is -2.21. The van der Waals surface area contributed by atoms with Crippen LogP contribution in [0.15, 0.2) is 10.5 Å². The van der Waals surface area contributed by atoms with E-state index in [1.165, 1.54) is 12.8 Å². The van der Waals surface area contributed by atoms with Gasteiger partial charge in [0.2, 0.25) is 5.76 Å². The quantitative estimate of drug-likeness (QED) is 0.927. The van der Waals surface area contributed by atoms with E-state index in [0.29, 0.717) is 0 Å². The molecular formula is C14H22ClNO3. The molecule has 1 aromatic heterocycles. The molecule has 0 spiro atoms. The standard InChI is InChI=1S/C14H21NO3.ClH/c1-14(2,3)12-10(8-11(18-12)13(16)17)9-15-6-4-5-7-15;/h8H,4-7,9H2,1-3H3,(H,16,17);1H. The molecule has 2 heterocycles. The molecule has 0 radical (unpaired) electrons. The Balaban J connectivity index is 0.00000180. The van der Waals surface area contributed by atoms with Crippen molar-refractivity contribution < 1.29 is 14.3 Å². The van der Waals surface area contributed by atoms with E-state index in [0.717, 1.165) is 31.0 Å². The molecule has 1 aliphatic heterocycles. The Morgan fingerprint density at radius 1 is 1.37 bits per heavy atom. The minimum Gasteiger partial charge on any atom is -0.475 e. The molecule has 1 fully saturated rings. The number of hydrogen-bond donors (Lipinski definition) is 1. The summed E-state index contributed by atoms with van der Waals surface area (Å²) in [5.41, 5.74) is 0.852. The average molecular weight is 288 g/mol. The van der Waals surface area contributed by atoms with Crippen LogP contribution in [0, 0.1) is 0 Å². The highest BCUT2D eigenvalue weighted by atomic mass is 35.5. The van der Waals surface area contributed by atoms with E-state index in [-0.39, 0.29) is 23.6 Å². The van der Waals surface area contributed by atoms with Gasteiger partial charge in [-0.25, -0.2) is 4.79 Å². The first kappa shape index (κ1) is 16.1. The van der Waals surface area contributed by atoms with Gasteiger partial charge < -0.3 is 9.52 Å². The molecular weight excluding hydrogens is 266 g/mol. The molecule has 1 N–H and O–H groups in total. The summed E-state index contributed by atoms with van der Waals surface area (Å²) in [6, 6.07) is 1.68. The van der Waals surface area contributed by atoms with Gasteiger partial charge in [0, 0.05) is 17.5 Å². The van der Waals surface area contributed by atoms with Crippen molar-refractivity contribution in [2.45, 2.75) is 45.6 Å². The van der Waals surface area contributed by atoms with Crippen molar-refractivity contribution in [1.29, 1.82) is 0 Å². The van der Waals surface area contributed by atoms with Crippen LogP contribution in [0.4, 0.5) is 0 Å². The molecule has 19 heavy (non-hydrogen) atoms. The highest BCUT2D eigenvalue weighted by Crippen LogP contribution is 2.30. The van der Waals surface area contributed by atoms with Crippen molar-refractivity contribution in [3.63, 3.8) is 0 Å². The Kier molecular flexibility index (Phi) is 5.04. The van der Waals surface area contributed by atoms with E-state index in [2.05, 4.69) is 4.90 Å². The second kappa shape index (κ2) is 5.97. The van der Waals surface area contributed by atoms with E-state index in [1.54, 1.807) is 6.07 Å². The van der Waals surface area contributed by atoms with E-state index in [1.807, 2.05) is 20.8 Å². The number of rotatable bonds is 3. The molecule has 0 saturated carbocycles. The molecule has 1 aliphatic rings. The van der Waals surface area contributed by atoms with Crippen molar-refractivity contribution in [2.75, 3.05) is 13.1 Å². The topological polar surface area (TPSA) is 53.7 Å². The number of furan rings is 1. The van der Waals surface area contributed by atoms with Gasteiger partial charge in [0.1, 0.15) is 5.76 Å². The monoisotopic (exact) mass is 287 g/mol. The molecule has 1 saturated heterocycles. The fourth-order valence-corrected chi connectivity index (χ4v) is 2.47. The second-order valence-corrected chi connectivity index (χ2v) is 6.00. The summed E-state index contributed by atoms with van der Waals surface area (Å²) >= 11 is 0. The maximum absolute atomic E-state index is 11.0. The zero-order valence-electron chi connectivity index (χ0n) is 11.7. The SMILES string of the molecule is CC(C)(C)c1oc(C(=O)O)cc1CN1CCCC1.Cl. The summed E-state index contributed by atoms with van der Waals surface area (Å²) in [5.74, 6) is -0.144. The third-order valence-corrected chi connectivity index (χ3v) is 3.29. The predicted molar refractivity (Wildman–Crippen MR) is 76.1 cm³/mol. The first-order valence-corrected chi connectivity index (χ1v) is 6.47. The molecule has 4 nitrogen and oxygen atoms in total. The predicted octanol–water partition coefficient (Wildman–Crippen LogP) is 3.29. The van der Waals surface area contributed by atoms with Crippen molar-refractivity contribution in [1.82, 2.24) is 4.90 Å². The van der Waals surface area contributed by atoms with Gasteiger partial charge in [0.05, 0.1) is 0 Å². The molecule has 5 heteroatoms. The smallest absolute Gasteiger partial charge is 0.371 e. The fraction of sp³-hybridized carbons (Fsp3) is 0.643. The van der Waals surface area contributed by atoms with Crippen LogP contribution in [0.25, 0.3) is 0 Å². The highest BCUT2D eigenvalue weighted by molar-refractivity contribution is 5.85. The minimum atomic E-state index is -0.992. The summed E-state index contributed by atoms with van der Waals surface area (Å²) in [6.45, 7) is 9.12. The van der Waals surface area contributed by atoms with E-state index in [9.17, 15) is 4.79 Å². The zero-order chi connectivity index (χ0) is 13.3. The maximum Gasteiger partial charge on any atom is 0.371 e. The first-order valence-electron chi connectivity index (χ1n) is 6.47. The van der Waals surface area contributed by atoms with Crippen LogP contribution in [-0.4, -0.2) is 29.1 Å². The number of hydrogen-bond acceptors (Lipinski definition) is 3. The molecule has 1 aromatic rings. The van der Waals surface area contributed by atoms with Gasteiger partial charge in [0.15, 0.2) is 0 Å². The van der Waals surface area contributed by atoms with Crippen molar-refractivity contribution in [3.8, 4) is 0 Å². The maximum atomic E-state index is 11.0. The molecule has 0 aliphatic carbocycles. The van der Waals surface area contributed by atoms with Crippen molar-refractivity contribution >= 4 is 18.4 Å². The number of aromatic carboxylic acids is 1. The Bertz CT molecular complexity index is 442. The van der Waals surface area contributed by atoms with Crippen molar-refractivity contribution in [2.24, 2.45) is 0 Å². The molecule has 0 bridgehead atoms. The third-order valence-electron chi connectivity index (χ3n) is 3.29. The van der Waals surface area contributed by atoms with Crippen LogP contribution in [0.1, 0.15) is 55.5 Å². The summed E-state index contributed by atoms with van der Waals surface area (Å²) in [6.07, 6.45) is 2.46. The largest absolute Gasteiger partial charge is 0.475 e. The summed E-state index contributed by atoms with van der Waals surface area (Å²) in [7, 11) is 0. The van der Waals surface area contributed by atoms with E-state index in [4.69, 9.17) is 9.52 Å². The Labute approximate surface area is 120 Å². The summed E-state index contributed by atoms with van der Waals surface area (Å²) in [5, 5.41) is 9.04. The van der Waals surface area contributed by atoms with E-state index < -0.39 is 5.97 Å². The van der Waals surface area contributed by atoms with Gasteiger partial charge in [0.25, 0.3) is 0 Å². The Hall–Kier alpha value is -1.00. The van der Waals surface area contributed by atoms with Crippen LogP contribution < -0.4 is 0 Å². The number of halogens is 1. The van der Waals surface area contributed by atoms with Gasteiger partial charge in [-0.2, -0.15) is 0 Å². The van der Waals surface area contributed by atoms with Crippen LogP contribution in [0.3, 0.4) is 0 Å². The van der Waals surface area contributed by atoms with Gasteiger partial charge in [-0.3, -0.25) is 4.90 Å². The summed E-state index contributed by atoms with van der Waals surface area (Å²) in [4.78, 5) is 13.4. The molecule has 0 aromatic carbocycles. The molecule has 0 amide bonds. The number of carboxylic acids is 1. The van der Waals surface area contributed by atoms with Crippen LogP contribution in [-0.2, 0) is 12.0 Å². The minimum absolute atomic E-state index is 0. The van der Waals surface area contributed by atoms with Crippen LogP contribution in [0.5, 0.6) is 0 Å². The molecule has 0 unspecified atom stereocenters. The third kappa shape index (κ3) is 3.74. The Morgan fingerprint density at radius 2 is 1.95 bits per heavy atom. The lowest BCUT2D eigenvalue weighted by Gasteiger charge is -2.20. The molecule has 0 atom stereocenters.